The van der Waals surface area contributed by atoms with Gasteiger partial charge in [0.1, 0.15) is 12.1 Å². The Bertz CT molecular complexity index is 2050. The Kier molecular flexibility index (Phi) is 3.59. The van der Waals surface area contributed by atoms with Gasteiger partial charge in [0.25, 0.3) is 0 Å². The van der Waals surface area contributed by atoms with Gasteiger partial charge in [0.15, 0.2) is 0 Å². The highest BCUT2D eigenvalue weighted by atomic mass is 32.1. The van der Waals surface area contributed by atoms with Gasteiger partial charge < -0.3 is 0 Å². The zero-order valence-corrected chi connectivity index (χ0v) is 18.2. The molecule has 0 fully saturated rings. The van der Waals surface area contributed by atoms with Gasteiger partial charge in [-0.05, 0) is 73.4 Å². The molecule has 0 aliphatic heterocycles. The van der Waals surface area contributed by atoms with Crippen LogP contribution in [0, 0.1) is 22.7 Å². The number of benzene rings is 6. The molecule has 0 radical (unpaired) electrons. The monoisotopic (exact) mass is 434 g/mol. The lowest BCUT2D eigenvalue weighted by Crippen LogP contribution is -1.90. The van der Waals surface area contributed by atoms with E-state index in [1.807, 2.05) is 18.2 Å². The van der Waals surface area contributed by atoms with E-state index in [0.29, 0.717) is 11.1 Å². The van der Waals surface area contributed by atoms with E-state index in [9.17, 15) is 10.5 Å². The van der Waals surface area contributed by atoms with Crippen molar-refractivity contribution >= 4 is 74.6 Å². The molecule has 6 aromatic carbocycles. The molecule has 0 amide bonds. The lowest BCUT2D eigenvalue weighted by Gasteiger charge is -2.14. The van der Waals surface area contributed by atoms with Crippen LogP contribution < -0.4 is 0 Å². The van der Waals surface area contributed by atoms with Crippen LogP contribution in [0.3, 0.4) is 0 Å². The minimum Gasteiger partial charge on any atom is -0.192 e. The van der Waals surface area contributed by atoms with Crippen LogP contribution in [0.4, 0.5) is 0 Å². The minimum absolute atomic E-state index is 0.418. The molecule has 150 valence electrons. The third kappa shape index (κ3) is 2.40. The molecule has 7 aromatic rings. The Balaban J connectivity index is 1.83. The summed E-state index contributed by atoms with van der Waals surface area (Å²) >= 11 is 1.79. The number of hydrogen-bond acceptors (Lipinski definition) is 3. The third-order valence-electron chi connectivity index (χ3n) is 6.69. The number of nitriles is 2. The summed E-state index contributed by atoms with van der Waals surface area (Å²) in [5.74, 6) is 0. The first kappa shape index (κ1) is 18.2. The van der Waals surface area contributed by atoms with Gasteiger partial charge in [-0.1, -0.05) is 54.6 Å². The van der Waals surface area contributed by atoms with Crippen molar-refractivity contribution in [3.8, 4) is 12.1 Å². The number of rotatable bonds is 0. The molecule has 33 heavy (non-hydrogen) atoms. The minimum atomic E-state index is 0.418. The zero-order chi connectivity index (χ0) is 22.1. The second kappa shape index (κ2) is 6.53. The van der Waals surface area contributed by atoms with E-state index in [-0.39, 0.29) is 0 Å². The Hall–Kier alpha value is -4.44. The average molecular weight is 435 g/mol. The van der Waals surface area contributed by atoms with E-state index in [2.05, 4.69) is 78.9 Å². The number of nitrogens with zero attached hydrogens (tertiary/aromatic N) is 2. The third-order valence-corrected chi connectivity index (χ3v) is 7.83. The van der Waals surface area contributed by atoms with Crippen molar-refractivity contribution in [3.63, 3.8) is 0 Å². The molecule has 0 atom stereocenters. The van der Waals surface area contributed by atoms with E-state index in [1.54, 1.807) is 11.3 Å². The summed E-state index contributed by atoms with van der Waals surface area (Å²) in [7, 11) is 0. The molecule has 0 aliphatic rings. The summed E-state index contributed by atoms with van der Waals surface area (Å²) in [6.45, 7) is 0. The van der Waals surface area contributed by atoms with Crippen molar-refractivity contribution in [2.24, 2.45) is 0 Å². The van der Waals surface area contributed by atoms with Crippen LogP contribution in [0.15, 0.2) is 84.9 Å². The standard InChI is InChI=1S/C30H14N2S/c31-15-18-11-23-25-14-29-26(21-7-3-4-8-28(21)33-29)13-24(25)22-10-9-17-5-1-2-6-20(17)30(22)27(23)12-19(18)16-32/h1-14H. The van der Waals surface area contributed by atoms with Gasteiger partial charge >= 0.3 is 0 Å². The van der Waals surface area contributed by atoms with E-state index < -0.39 is 0 Å². The topological polar surface area (TPSA) is 47.6 Å². The van der Waals surface area contributed by atoms with E-state index >= 15 is 0 Å². The van der Waals surface area contributed by atoms with Crippen LogP contribution >= 0.6 is 11.3 Å². The van der Waals surface area contributed by atoms with Crippen LogP contribution in [0.5, 0.6) is 0 Å². The molecule has 0 unspecified atom stereocenters. The van der Waals surface area contributed by atoms with Gasteiger partial charge in [0.05, 0.1) is 11.1 Å². The maximum Gasteiger partial charge on any atom is 0.101 e. The fourth-order valence-corrected chi connectivity index (χ4v) is 6.34. The SMILES string of the molecule is N#Cc1cc2c3cc4sc5ccccc5c4cc3c3ccc4ccccc4c3c2cc1C#N. The molecule has 1 aromatic heterocycles. The van der Waals surface area contributed by atoms with Crippen molar-refractivity contribution < 1.29 is 0 Å². The Morgan fingerprint density at radius 1 is 0.485 bits per heavy atom. The molecule has 0 spiro atoms. The first-order chi connectivity index (χ1) is 16.3. The predicted octanol–water partition coefficient (Wildman–Crippen LogP) is 8.41. The van der Waals surface area contributed by atoms with E-state index in [4.69, 9.17) is 0 Å². The zero-order valence-electron chi connectivity index (χ0n) is 17.4. The van der Waals surface area contributed by atoms with E-state index in [0.717, 1.165) is 32.3 Å². The molecule has 0 saturated heterocycles. The Morgan fingerprint density at radius 2 is 1.15 bits per heavy atom. The van der Waals surface area contributed by atoms with Crippen LogP contribution in [-0.2, 0) is 0 Å². The summed E-state index contributed by atoms with van der Waals surface area (Å²) in [6, 6.07) is 34.1. The molecule has 2 nitrogen and oxygen atoms in total. The van der Waals surface area contributed by atoms with Gasteiger partial charge in [0.2, 0.25) is 0 Å². The van der Waals surface area contributed by atoms with Gasteiger partial charge in [-0.2, -0.15) is 10.5 Å². The summed E-state index contributed by atoms with van der Waals surface area (Å²) < 4.78 is 2.50. The highest BCUT2D eigenvalue weighted by Gasteiger charge is 2.16. The molecule has 0 bridgehead atoms. The largest absolute Gasteiger partial charge is 0.192 e. The highest BCUT2D eigenvalue weighted by Crippen LogP contribution is 2.44. The second-order valence-electron chi connectivity index (χ2n) is 8.37. The van der Waals surface area contributed by atoms with Crippen molar-refractivity contribution in [2.45, 2.75) is 0 Å². The summed E-state index contributed by atoms with van der Waals surface area (Å²) in [5, 5.41) is 30.9. The molecule has 7 rings (SSSR count). The fraction of sp³-hybridized carbons (Fsp3) is 0. The van der Waals surface area contributed by atoms with Gasteiger partial charge in [0, 0.05) is 20.2 Å². The van der Waals surface area contributed by atoms with Gasteiger partial charge in [-0.15, -0.1) is 11.3 Å². The summed E-state index contributed by atoms with van der Waals surface area (Å²) in [6.07, 6.45) is 0. The first-order valence-corrected chi connectivity index (χ1v) is 11.5. The van der Waals surface area contributed by atoms with Crippen LogP contribution in [-0.4, -0.2) is 0 Å². The summed E-state index contributed by atoms with van der Waals surface area (Å²) in [5.41, 5.74) is 0.837. The predicted molar refractivity (Wildman–Crippen MR) is 139 cm³/mol. The number of fused-ring (bicyclic) bond motifs is 11. The molecule has 3 heteroatoms. The number of thiophene rings is 1. The Morgan fingerprint density at radius 3 is 1.97 bits per heavy atom. The van der Waals surface area contributed by atoms with Crippen molar-refractivity contribution in [2.75, 3.05) is 0 Å². The first-order valence-electron chi connectivity index (χ1n) is 10.7. The lowest BCUT2D eigenvalue weighted by atomic mass is 9.88. The molecular formula is C30H14N2S. The molecule has 0 saturated carbocycles. The van der Waals surface area contributed by atoms with Crippen molar-refractivity contribution in [1.29, 1.82) is 10.5 Å². The Labute approximate surface area is 193 Å². The quantitative estimate of drug-likeness (QED) is 0.225. The van der Waals surface area contributed by atoms with Crippen molar-refractivity contribution in [1.82, 2.24) is 0 Å². The molecule has 0 N–H and O–H groups in total. The van der Waals surface area contributed by atoms with Crippen molar-refractivity contribution in [3.05, 3.63) is 96.1 Å². The van der Waals surface area contributed by atoms with Crippen LogP contribution in [0.2, 0.25) is 0 Å². The number of hydrogen-bond donors (Lipinski definition) is 0. The normalized spacial score (nSPS) is 11.6. The lowest BCUT2D eigenvalue weighted by molar-refractivity contribution is 1.45. The van der Waals surface area contributed by atoms with E-state index in [1.165, 1.54) is 30.9 Å². The smallest absolute Gasteiger partial charge is 0.101 e. The van der Waals surface area contributed by atoms with Crippen LogP contribution in [0.1, 0.15) is 11.1 Å². The summed E-state index contributed by atoms with van der Waals surface area (Å²) in [4.78, 5) is 0. The maximum absolute atomic E-state index is 9.73. The van der Waals surface area contributed by atoms with Crippen LogP contribution in [0.25, 0.3) is 63.3 Å². The highest BCUT2D eigenvalue weighted by molar-refractivity contribution is 7.25. The molecular weight excluding hydrogens is 420 g/mol. The fourth-order valence-electron chi connectivity index (χ4n) is 5.22. The molecule has 1 heterocycles. The average Bonchev–Trinajstić information content (AvgIpc) is 3.24. The van der Waals surface area contributed by atoms with Gasteiger partial charge in [-0.25, -0.2) is 0 Å². The second-order valence-corrected chi connectivity index (χ2v) is 9.45. The van der Waals surface area contributed by atoms with Gasteiger partial charge in [-0.3, -0.25) is 0 Å². The molecule has 0 aliphatic carbocycles. The maximum atomic E-state index is 9.73.